The number of piperidine rings is 1. The van der Waals surface area contributed by atoms with Gasteiger partial charge in [-0.15, -0.1) is 0 Å². The fourth-order valence-corrected chi connectivity index (χ4v) is 9.84. The van der Waals surface area contributed by atoms with E-state index in [-0.39, 0.29) is 42.3 Å². The Hall–Kier alpha value is -5.50. The number of ether oxygens (including phenoxy) is 3. The molecule has 3 amide bonds. The Labute approximate surface area is 337 Å². The average molecular weight is 785 g/mol. The summed E-state index contributed by atoms with van der Waals surface area (Å²) in [7, 11) is 0. The molecule has 5 aliphatic heterocycles. The van der Waals surface area contributed by atoms with E-state index in [1.807, 2.05) is 18.2 Å². The Kier molecular flexibility index (Phi) is 9.54. The van der Waals surface area contributed by atoms with E-state index < -0.39 is 23.6 Å². The molecule has 3 N–H and O–H groups in total. The van der Waals surface area contributed by atoms with Crippen LogP contribution in [0.3, 0.4) is 0 Å². The maximum Gasteiger partial charge on any atom is 0.270 e. The van der Waals surface area contributed by atoms with Gasteiger partial charge in [0.25, 0.3) is 5.91 Å². The number of pyridine rings is 1. The van der Waals surface area contributed by atoms with Crippen molar-refractivity contribution in [3.8, 4) is 11.6 Å². The number of nitrogens with zero attached hydrogens (tertiary/aromatic N) is 4. The van der Waals surface area contributed by atoms with E-state index in [9.17, 15) is 19.5 Å². The van der Waals surface area contributed by atoms with Gasteiger partial charge in [-0.05, 0) is 83.8 Å². The largest absolute Gasteiger partial charge is 0.508 e. The minimum atomic E-state index is -0.766. The van der Waals surface area contributed by atoms with Crippen molar-refractivity contribution in [1.82, 2.24) is 20.5 Å². The summed E-state index contributed by atoms with van der Waals surface area (Å²) in [5, 5.41) is 15.2. The summed E-state index contributed by atoms with van der Waals surface area (Å²) < 4.78 is 19.0. The highest BCUT2D eigenvalue weighted by Crippen LogP contribution is 2.47. The van der Waals surface area contributed by atoms with E-state index in [0.29, 0.717) is 50.5 Å². The van der Waals surface area contributed by atoms with E-state index in [2.05, 4.69) is 91.0 Å². The molecule has 6 aliphatic rings. The number of fused-ring (bicyclic) bond motifs is 4. The van der Waals surface area contributed by atoms with Gasteiger partial charge in [-0.2, -0.15) is 0 Å². The molecule has 4 aromatic rings. The summed E-state index contributed by atoms with van der Waals surface area (Å²) in [6.07, 6.45) is 2.44. The van der Waals surface area contributed by atoms with Crippen LogP contribution in [0.25, 0.3) is 0 Å². The summed E-state index contributed by atoms with van der Waals surface area (Å²) in [6.45, 7) is 6.56. The van der Waals surface area contributed by atoms with Crippen molar-refractivity contribution in [3.63, 3.8) is 0 Å². The number of rotatable bonds is 7. The lowest BCUT2D eigenvalue weighted by molar-refractivity contribution is -0.293. The van der Waals surface area contributed by atoms with E-state index in [1.165, 1.54) is 22.3 Å². The number of aryl methyl sites for hydroxylation is 1. The van der Waals surface area contributed by atoms with Gasteiger partial charge in [-0.1, -0.05) is 48.5 Å². The lowest BCUT2D eigenvalue weighted by Crippen LogP contribution is -2.68. The van der Waals surface area contributed by atoms with Crippen molar-refractivity contribution in [2.24, 2.45) is 5.92 Å². The molecule has 0 bridgehead atoms. The second kappa shape index (κ2) is 15.0. The van der Waals surface area contributed by atoms with E-state index in [0.717, 1.165) is 50.4 Å². The summed E-state index contributed by atoms with van der Waals surface area (Å²) in [4.78, 5) is 48.1. The molecule has 4 fully saturated rings. The molecule has 10 rings (SSSR count). The normalized spacial score (nSPS) is 25.4. The molecule has 13 nitrogen and oxygen atoms in total. The third-order valence-electron chi connectivity index (χ3n) is 12.9. The number of aromatic hydroxyl groups is 1. The lowest BCUT2D eigenvalue weighted by Gasteiger charge is -2.53. The Bertz CT molecular complexity index is 2200. The molecule has 1 aromatic heterocycles. The van der Waals surface area contributed by atoms with Crippen LogP contribution in [0.15, 0.2) is 84.9 Å². The number of carbonyl (C=O) groups is 3. The fourth-order valence-electron chi connectivity index (χ4n) is 9.84. The standard InChI is InChI=1S/C45H48N6O7/c52-34-11-13-36-31(20-34)8-12-35(29-4-2-1-3-5-29)41(36)30-6-9-32(10-7-30)50-26-45(27-50)57-23-28(24-58-45)21-49-18-19-51-33(22-49)25-56-44-39(51)16-14-38(47-44)42(54)46-37-15-17-40(53)48-43(37)55/h1-7,9-11,13-14,16,20,28,33,35,37,41,52H,8,12,15,17-19,21-27H2,(H,46,54)(H,48,53,55)/t33-,35-,37+,41+/m1/s1. The summed E-state index contributed by atoms with van der Waals surface area (Å²) >= 11 is 0. The first-order valence-electron chi connectivity index (χ1n) is 20.5. The van der Waals surface area contributed by atoms with Crippen molar-refractivity contribution >= 4 is 29.1 Å². The smallest absolute Gasteiger partial charge is 0.270 e. The van der Waals surface area contributed by atoms with Gasteiger partial charge < -0.3 is 34.4 Å². The lowest BCUT2D eigenvalue weighted by atomic mass is 9.69. The molecule has 0 unspecified atom stereocenters. The molecular weight excluding hydrogens is 737 g/mol. The van der Waals surface area contributed by atoms with Crippen LogP contribution in [0.4, 0.5) is 11.4 Å². The van der Waals surface area contributed by atoms with Crippen LogP contribution < -0.4 is 25.2 Å². The number of piperazine rings is 1. The predicted octanol–water partition coefficient (Wildman–Crippen LogP) is 3.95. The molecular formula is C45H48N6O7. The molecule has 13 heteroatoms. The first-order chi connectivity index (χ1) is 28.3. The highest BCUT2D eigenvalue weighted by Gasteiger charge is 2.49. The summed E-state index contributed by atoms with van der Waals surface area (Å²) in [6, 6.07) is 28.6. The molecule has 1 aliphatic carbocycles. The minimum absolute atomic E-state index is 0.153. The number of aromatic nitrogens is 1. The van der Waals surface area contributed by atoms with Crippen molar-refractivity contribution < 1.29 is 33.7 Å². The predicted molar refractivity (Wildman–Crippen MR) is 215 cm³/mol. The third-order valence-corrected chi connectivity index (χ3v) is 12.9. The topological polar surface area (TPSA) is 146 Å². The first kappa shape index (κ1) is 36.8. The van der Waals surface area contributed by atoms with Crippen molar-refractivity contribution in [3.05, 3.63) is 113 Å². The van der Waals surface area contributed by atoms with Gasteiger partial charge in [0.05, 0.1) is 32.3 Å². The van der Waals surface area contributed by atoms with Crippen LogP contribution >= 0.6 is 0 Å². The van der Waals surface area contributed by atoms with Gasteiger partial charge in [-0.25, -0.2) is 4.98 Å². The number of benzene rings is 3. The van der Waals surface area contributed by atoms with E-state index in [4.69, 9.17) is 14.2 Å². The van der Waals surface area contributed by atoms with Crippen molar-refractivity contribution in [1.29, 1.82) is 0 Å². The average Bonchev–Trinajstić information content (AvgIpc) is 3.23. The number of anilines is 2. The van der Waals surface area contributed by atoms with Gasteiger partial charge in [0, 0.05) is 50.1 Å². The minimum Gasteiger partial charge on any atom is -0.508 e. The molecule has 3 aromatic carbocycles. The zero-order valence-electron chi connectivity index (χ0n) is 32.3. The van der Waals surface area contributed by atoms with Crippen LogP contribution in [-0.2, 0) is 25.5 Å². The zero-order valence-corrected chi connectivity index (χ0v) is 32.3. The van der Waals surface area contributed by atoms with Gasteiger partial charge in [0.1, 0.15) is 29.8 Å². The molecule has 58 heavy (non-hydrogen) atoms. The summed E-state index contributed by atoms with van der Waals surface area (Å²) in [5.74, 6) is -0.270. The number of phenols is 1. The number of hydrogen-bond donors (Lipinski definition) is 3. The Morgan fingerprint density at radius 3 is 2.50 bits per heavy atom. The zero-order chi connectivity index (χ0) is 39.4. The van der Waals surface area contributed by atoms with Crippen molar-refractivity contribution in [2.75, 3.05) is 68.9 Å². The highest BCUT2D eigenvalue weighted by molar-refractivity contribution is 6.03. The van der Waals surface area contributed by atoms with Crippen LogP contribution in [0.5, 0.6) is 11.6 Å². The maximum absolute atomic E-state index is 12.9. The van der Waals surface area contributed by atoms with Crippen molar-refractivity contribution in [2.45, 2.75) is 55.4 Å². The monoisotopic (exact) mass is 784 g/mol. The number of carbonyl (C=O) groups excluding carboxylic acids is 3. The van der Waals surface area contributed by atoms with Crippen LogP contribution in [-0.4, -0.2) is 110 Å². The first-order valence-corrected chi connectivity index (χ1v) is 20.5. The van der Waals surface area contributed by atoms with Gasteiger partial charge in [0.15, 0.2) is 0 Å². The SMILES string of the molecule is O=C1CC[C@H](NC(=O)c2ccc3c(n2)OC[C@H]2CN(CC4COC5(CN(c6ccc([C@@H]7c8ccc(O)cc8CC[C@@H]7c7ccccc7)cc6)C5)OC4)CCN32)C(=O)N1. The van der Waals surface area contributed by atoms with Crippen LogP contribution in [0, 0.1) is 5.92 Å². The second-order valence-electron chi connectivity index (χ2n) is 16.7. The van der Waals surface area contributed by atoms with E-state index >= 15 is 0 Å². The van der Waals surface area contributed by atoms with Crippen LogP contribution in [0.1, 0.15) is 63.8 Å². The molecule has 1 spiro atoms. The number of imide groups is 1. The Balaban J connectivity index is 0.712. The number of nitrogens with one attached hydrogen (secondary N) is 2. The molecule has 0 radical (unpaired) electrons. The molecule has 0 saturated carbocycles. The number of phenolic OH excluding ortho intramolecular Hbond substituents is 1. The third kappa shape index (κ3) is 7.05. The molecule has 300 valence electrons. The van der Waals surface area contributed by atoms with Crippen LogP contribution in [0.2, 0.25) is 0 Å². The number of amides is 3. The highest BCUT2D eigenvalue weighted by atomic mass is 16.7. The van der Waals surface area contributed by atoms with Gasteiger partial charge in [-0.3, -0.25) is 24.6 Å². The quantitative estimate of drug-likeness (QED) is 0.235. The molecule has 6 heterocycles. The fraction of sp³-hybridized carbons (Fsp3) is 0.422. The van der Waals surface area contributed by atoms with Gasteiger partial charge >= 0.3 is 0 Å². The molecule has 4 saturated heterocycles. The summed E-state index contributed by atoms with van der Waals surface area (Å²) in [5.41, 5.74) is 7.38. The Morgan fingerprint density at radius 1 is 0.897 bits per heavy atom. The van der Waals surface area contributed by atoms with Gasteiger partial charge in [0.2, 0.25) is 23.5 Å². The number of hydrogen-bond acceptors (Lipinski definition) is 11. The molecule has 4 atom stereocenters. The second-order valence-corrected chi connectivity index (χ2v) is 16.7. The maximum atomic E-state index is 12.9. The van der Waals surface area contributed by atoms with E-state index in [1.54, 1.807) is 6.07 Å². The Morgan fingerprint density at radius 2 is 1.71 bits per heavy atom.